The number of hydrogen-bond donors (Lipinski definition) is 2. The number of rotatable bonds is 2. The number of nitrogens with zero attached hydrogens (tertiary/aromatic N) is 1. The molecule has 2 rings (SSSR count). The molecule has 16 heavy (non-hydrogen) atoms. The molecule has 4 nitrogen and oxygen atoms in total. The standard InChI is InChI=1S/C10H10BrN3OS/c1-5-8(6(2)14-13-5)12-10(15)9-7(11)3-4-16-9/h3-4H,1-2H3,(H,12,15)(H,13,14). The third kappa shape index (κ3) is 2.03. The lowest BCUT2D eigenvalue weighted by molar-refractivity contribution is 0.102. The molecule has 0 bridgehead atoms. The van der Waals surface area contributed by atoms with Crippen LogP contribution in [0.5, 0.6) is 0 Å². The summed E-state index contributed by atoms with van der Waals surface area (Å²) in [5.41, 5.74) is 2.40. The summed E-state index contributed by atoms with van der Waals surface area (Å²) in [4.78, 5) is 12.6. The summed E-state index contributed by atoms with van der Waals surface area (Å²) < 4.78 is 0.814. The van der Waals surface area contributed by atoms with Crippen molar-refractivity contribution < 1.29 is 4.79 Å². The number of carbonyl (C=O) groups is 1. The molecule has 2 aromatic rings. The maximum Gasteiger partial charge on any atom is 0.266 e. The fourth-order valence-electron chi connectivity index (χ4n) is 1.36. The minimum Gasteiger partial charge on any atom is -0.318 e. The molecule has 0 saturated heterocycles. The van der Waals surface area contributed by atoms with Gasteiger partial charge in [0.25, 0.3) is 5.91 Å². The Bertz CT molecular complexity index is 512. The lowest BCUT2D eigenvalue weighted by atomic mass is 10.3. The molecule has 6 heteroatoms. The first kappa shape index (κ1) is 11.3. The van der Waals surface area contributed by atoms with Crippen LogP contribution in [0.3, 0.4) is 0 Å². The van der Waals surface area contributed by atoms with Gasteiger partial charge in [0, 0.05) is 4.47 Å². The van der Waals surface area contributed by atoms with Crippen LogP contribution in [0.2, 0.25) is 0 Å². The van der Waals surface area contributed by atoms with Crippen LogP contribution < -0.4 is 5.32 Å². The molecule has 0 unspecified atom stereocenters. The van der Waals surface area contributed by atoms with E-state index in [1.54, 1.807) is 0 Å². The Morgan fingerprint density at radius 3 is 2.81 bits per heavy atom. The zero-order chi connectivity index (χ0) is 11.7. The molecule has 2 heterocycles. The Morgan fingerprint density at radius 2 is 2.31 bits per heavy atom. The molecule has 0 aliphatic carbocycles. The predicted octanol–water partition coefficient (Wildman–Crippen LogP) is 3.10. The van der Waals surface area contributed by atoms with Gasteiger partial charge in [-0.1, -0.05) is 0 Å². The van der Waals surface area contributed by atoms with E-state index in [0.717, 1.165) is 21.5 Å². The van der Waals surface area contributed by atoms with Crippen molar-refractivity contribution in [2.24, 2.45) is 0 Å². The Morgan fingerprint density at radius 1 is 1.56 bits per heavy atom. The van der Waals surface area contributed by atoms with Crippen LogP contribution in [0, 0.1) is 13.8 Å². The molecule has 0 aromatic carbocycles. The Balaban J connectivity index is 2.24. The van der Waals surface area contributed by atoms with Crippen LogP contribution in [0.15, 0.2) is 15.9 Å². The first-order chi connectivity index (χ1) is 7.59. The van der Waals surface area contributed by atoms with E-state index >= 15 is 0 Å². The number of aromatic nitrogens is 2. The molecule has 2 N–H and O–H groups in total. The second-order valence-electron chi connectivity index (χ2n) is 3.36. The van der Waals surface area contributed by atoms with E-state index in [1.807, 2.05) is 25.3 Å². The van der Waals surface area contributed by atoms with E-state index in [4.69, 9.17) is 0 Å². The first-order valence-corrected chi connectivity index (χ1v) is 6.32. The maximum absolute atomic E-state index is 11.9. The van der Waals surface area contributed by atoms with Crippen molar-refractivity contribution in [2.75, 3.05) is 5.32 Å². The Kier molecular flexibility index (Phi) is 3.11. The lowest BCUT2D eigenvalue weighted by Crippen LogP contribution is -2.11. The van der Waals surface area contributed by atoms with Crippen molar-refractivity contribution in [3.63, 3.8) is 0 Å². The van der Waals surface area contributed by atoms with Crippen molar-refractivity contribution in [1.82, 2.24) is 10.2 Å². The third-order valence-electron chi connectivity index (χ3n) is 2.19. The molecular formula is C10H10BrN3OS. The van der Waals surface area contributed by atoms with Crippen molar-refractivity contribution in [3.8, 4) is 0 Å². The van der Waals surface area contributed by atoms with Gasteiger partial charge in [-0.05, 0) is 41.2 Å². The number of anilines is 1. The largest absolute Gasteiger partial charge is 0.318 e. The Hall–Kier alpha value is -1.14. The molecule has 0 aliphatic rings. The minimum atomic E-state index is -0.116. The molecule has 0 fully saturated rings. The SMILES string of the molecule is Cc1n[nH]c(C)c1NC(=O)c1sccc1Br. The molecule has 2 aromatic heterocycles. The molecule has 0 saturated carbocycles. The second kappa shape index (κ2) is 4.39. The zero-order valence-corrected chi connectivity index (χ0v) is 11.2. The van der Waals surface area contributed by atoms with Gasteiger partial charge in [0.1, 0.15) is 4.88 Å². The van der Waals surface area contributed by atoms with Crippen molar-refractivity contribution in [1.29, 1.82) is 0 Å². The van der Waals surface area contributed by atoms with Gasteiger partial charge >= 0.3 is 0 Å². The van der Waals surface area contributed by atoms with E-state index in [2.05, 4.69) is 31.4 Å². The molecular weight excluding hydrogens is 290 g/mol. The third-order valence-corrected chi connectivity index (χ3v) is 4.03. The minimum absolute atomic E-state index is 0.116. The van der Waals surface area contributed by atoms with Crippen LogP contribution >= 0.6 is 27.3 Å². The van der Waals surface area contributed by atoms with Crippen LogP contribution in [-0.2, 0) is 0 Å². The van der Waals surface area contributed by atoms with E-state index in [1.165, 1.54) is 11.3 Å². The fourth-order valence-corrected chi connectivity index (χ4v) is 2.81. The van der Waals surface area contributed by atoms with Crippen molar-refractivity contribution >= 4 is 38.9 Å². The summed E-state index contributed by atoms with van der Waals surface area (Å²) in [7, 11) is 0. The molecule has 0 atom stereocenters. The van der Waals surface area contributed by atoms with Crippen molar-refractivity contribution in [3.05, 3.63) is 32.2 Å². The van der Waals surface area contributed by atoms with Gasteiger partial charge in [0.15, 0.2) is 0 Å². The lowest BCUT2D eigenvalue weighted by Gasteiger charge is -2.03. The topological polar surface area (TPSA) is 57.8 Å². The molecule has 84 valence electrons. The number of amides is 1. The van der Waals surface area contributed by atoms with E-state index < -0.39 is 0 Å². The normalized spacial score (nSPS) is 10.4. The predicted molar refractivity (Wildman–Crippen MR) is 68.0 cm³/mol. The van der Waals surface area contributed by atoms with Gasteiger partial charge in [-0.2, -0.15) is 5.10 Å². The molecule has 0 spiro atoms. The molecule has 1 amide bonds. The highest BCUT2D eigenvalue weighted by atomic mass is 79.9. The Labute approximate surface area is 105 Å². The maximum atomic E-state index is 11.9. The number of carbonyl (C=O) groups excluding carboxylic acids is 1. The zero-order valence-electron chi connectivity index (χ0n) is 8.80. The fraction of sp³-hybridized carbons (Fsp3) is 0.200. The average Bonchev–Trinajstić information content (AvgIpc) is 2.79. The monoisotopic (exact) mass is 299 g/mol. The molecule has 0 radical (unpaired) electrons. The van der Waals surface area contributed by atoms with Crippen molar-refractivity contribution in [2.45, 2.75) is 13.8 Å². The van der Waals surface area contributed by atoms with E-state index in [-0.39, 0.29) is 5.91 Å². The highest BCUT2D eigenvalue weighted by molar-refractivity contribution is 9.10. The number of nitrogens with one attached hydrogen (secondary N) is 2. The smallest absolute Gasteiger partial charge is 0.266 e. The number of H-pyrrole nitrogens is 1. The van der Waals surface area contributed by atoms with E-state index in [9.17, 15) is 4.79 Å². The highest BCUT2D eigenvalue weighted by Gasteiger charge is 2.15. The van der Waals surface area contributed by atoms with Crippen LogP contribution in [0.25, 0.3) is 0 Å². The van der Waals surface area contributed by atoms with Crippen LogP contribution in [0.4, 0.5) is 5.69 Å². The summed E-state index contributed by atoms with van der Waals surface area (Å²) in [5.74, 6) is -0.116. The van der Waals surface area contributed by atoms with Gasteiger partial charge in [0.05, 0.1) is 17.1 Å². The number of thiophene rings is 1. The summed E-state index contributed by atoms with van der Waals surface area (Å²) in [6.07, 6.45) is 0. The molecule has 0 aliphatic heterocycles. The number of aromatic amines is 1. The summed E-state index contributed by atoms with van der Waals surface area (Å²) >= 11 is 4.74. The highest BCUT2D eigenvalue weighted by Crippen LogP contribution is 2.25. The summed E-state index contributed by atoms with van der Waals surface area (Å²) in [5, 5.41) is 11.6. The van der Waals surface area contributed by atoms with Gasteiger partial charge < -0.3 is 5.32 Å². The number of aryl methyl sites for hydroxylation is 2. The average molecular weight is 300 g/mol. The van der Waals surface area contributed by atoms with E-state index in [0.29, 0.717) is 4.88 Å². The quantitative estimate of drug-likeness (QED) is 0.895. The number of halogens is 1. The first-order valence-electron chi connectivity index (χ1n) is 4.65. The number of hydrogen-bond acceptors (Lipinski definition) is 3. The summed E-state index contributed by atoms with van der Waals surface area (Å²) in [6.45, 7) is 3.72. The van der Waals surface area contributed by atoms with Gasteiger partial charge in [-0.3, -0.25) is 9.89 Å². The van der Waals surface area contributed by atoms with Gasteiger partial charge in [0.2, 0.25) is 0 Å². The van der Waals surface area contributed by atoms with Gasteiger partial charge in [-0.25, -0.2) is 0 Å². The summed E-state index contributed by atoms with van der Waals surface area (Å²) in [6, 6.07) is 1.86. The second-order valence-corrected chi connectivity index (χ2v) is 5.13. The van der Waals surface area contributed by atoms with Gasteiger partial charge in [-0.15, -0.1) is 11.3 Å². The van der Waals surface area contributed by atoms with Crippen LogP contribution in [-0.4, -0.2) is 16.1 Å². The van der Waals surface area contributed by atoms with Crippen LogP contribution in [0.1, 0.15) is 21.1 Å².